The molecule has 0 aromatic carbocycles. The molecule has 2 heterocycles. The first kappa shape index (κ1) is 11.7. The minimum atomic E-state index is -0.122. The fourth-order valence-electron chi connectivity index (χ4n) is 1.78. The Hall–Kier alpha value is 0.200. The topological polar surface area (TPSA) is 17.1 Å². The van der Waals surface area contributed by atoms with Crippen molar-refractivity contribution in [3.05, 3.63) is 20.8 Å². The van der Waals surface area contributed by atoms with Crippen molar-refractivity contribution in [2.45, 2.75) is 30.9 Å². The van der Waals surface area contributed by atoms with E-state index in [-0.39, 0.29) is 4.75 Å². The summed E-state index contributed by atoms with van der Waals surface area (Å²) >= 11 is 6.95. The Morgan fingerprint density at radius 3 is 3.00 bits per heavy atom. The minimum absolute atomic E-state index is 0.122. The van der Waals surface area contributed by atoms with Crippen molar-refractivity contribution >= 4 is 44.8 Å². The van der Waals surface area contributed by atoms with Crippen molar-refractivity contribution in [1.82, 2.24) is 0 Å². The molecule has 4 heteroatoms. The number of thioether (sulfide) groups is 1. The molecule has 0 amide bonds. The van der Waals surface area contributed by atoms with Crippen LogP contribution in [-0.2, 0) is 11.2 Å². The van der Waals surface area contributed by atoms with E-state index in [1.54, 1.807) is 11.3 Å². The molecule has 1 aliphatic rings. The van der Waals surface area contributed by atoms with Crippen molar-refractivity contribution in [2.75, 3.05) is 5.75 Å². The summed E-state index contributed by atoms with van der Waals surface area (Å²) in [6, 6.07) is 2.01. The fourth-order valence-corrected chi connectivity index (χ4v) is 4.54. The third-order valence-corrected chi connectivity index (χ3v) is 6.31. The van der Waals surface area contributed by atoms with Crippen LogP contribution in [0.1, 0.15) is 24.6 Å². The van der Waals surface area contributed by atoms with Crippen molar-refractivity contribution in [3.63, 3.8) is 0 Å². The summed E-state index contributed by atoms with van der Waals surface area (Å²) in [5, 5.41) is 2.02. The number of hydrogen-bond donors (Lipinski definition) is 0. The van der Waals surface area contributed by atoms with Gasteiger partial charge in [-0.15, -0.1) is 23.1 Å². The Kier molecular flexibility index (Phi) is 3.58. The molecule has 1 unspecified atom stereocenters. The molecule has 1 aromatic heterocycles. The average Bonchev–Trinajstić information content (AvgIpc) is 2.78. The Morgan fingerprint density at radius 2 is 2.47 bits per heavy atom. The molecule has 82 valence electrons. The fraction of sp³-hybridized carbons (Fsp3) is 0.545. The second kappa shape index (κ2) is 4.60. The number of halogens is 1. The van der Waals surface area contributed by atoms with E-state index in [0.717, 1.165) is 21.5 Å². The largest absolute Gasteiger partial charge is 0.298 e. The molecule has 1 aliphatic heterocycles. The zero-order valence-corrected chi connectivity index (χ0v) is 11.8. The molecule has 0 N–H and O–H groups in total. The predicted octanol–water partition coefficient (Wildman–Crippen LogP) is 3.91. The van der Waals surface area contributed by atoms with Gasteiger partial charge in [0.1, 0.15) is 0 Å². The molecule has 0 saturated carbocycles. The van der Waals surface area contributed by atoms with Crippen LogP contribution in [0.4, 0.5) is 0 Å². The van der Waals surface area contributed by atoms with Gasteiger partial charge in [-0.2, -0.15) is 0 Å². The van der Waals surface area contributed by atoms with Crippen LogP contribution < -0.4 is 0 Å². The summed E-state index contributed by atoms with van der Waals surface area (Å²) in [7, 11) is 0. The van der Waals surface area contributed by atoms with Gasteiger partial charge >= 0.3 is 0 Å². The molecule has 1 saturated heterocycles. The maximum absolute atomic E-state index is 12.2. The zero-order chi connectivity index (χ0) is 10.9. The highest BCUT2D eigenvalue weighted by Crippen LogP contribution is 2.39. The van der Waals surface area contributed by atoms with Crippen LogP contribution in [0.25, 0.3) is 0 Å². The second-order valence-electron chi connectivity index (χ2n) is 3.97. The molecule has 1 atom stereocenters. The van der Waals surface area contributed by atoms with Gasteiger partial charge in [0.25, 0.3) is 0 Å². The van der Waals surface area contributed by atoms with Gasteiger partial charge in [0.2, 0.25) is 0 Å². The summed E-state index contributed by atoms with van der Waals surface area (Å²) in [5.41, 5.74) is 0. The molecule has 1 aromatic rings. The van der Waals surface area contributed by atoms with Gasteiger partial charge in [0.15, 0.2) is 5.78 Å². The molecule has 15 heavy (non-hydrogen) atoms. The first-order valence-electron chi connectivity index (χ1n) is 5.01. The lowest BCUT2D eigenvalue weighted by Crippen LogP contribution is -2.30. The maximum atomic E-state index is 12.2. The van der Waals surface area contributed by atoms with Crippen LogP contribution in [0.5, 0.6) is 0 Å². The van der Waals surface area contributed by atoms with Gasteiger partial charge in [-0.05, 0) is 52.9 Å². The smallest absolute Gasteiger partial charge is 0.153 e. The molecule has 0 aliphatic carbocycles. The summed E-state index contributed by atoms with van der Waals surface area (Å²) in [5.74, 6) is 1.52. The Labute approximate surface area is 107 Å². The van der Waals surface area contributed by atoms with Gasteiger partial charge in [-0.1, -0.05) is 0 Å². The third kappa shape index (κ3) is 2.48. The van der Waals surface area contributed by atoms with Crippen LogP contribution in [-0.4, -0.2) is 16.3 Å². The molecule has 0 spiro atoms. The minimum Gasteiger partial charge on any atom is -0.298 e. The Balaban J connectivity index is 2.07. The maximum Gasteiger partial charge on any atom is 0.153 e. The lowest BCUT2D eigenvalue weighted by atomic mass is 9.97. The Morgan fingerprint density at radius 1 is 1.67 bits per heavy atom. The van der Waals surface area contributed by atoms with E-state index in [0.29, 0.717) is 12.2 Å². The lowest BCUT2D eigenvalue weighted by Gasteiger charge is -2.20. The lowest BCUT2D eigenvalue weighted by molar-refractivity contribution is -0.120. The van der Waals surface area contributed by atoms with Gasteiger partial charge in [-0.25, -0.2) is 0 Å². The normalized spacial score (nSPS) is 25.7. The van der Waals surface area contributed by atoms with Crippen molar-refractivity contribution in [2.24, 2.45) is 0 Å². The van der Waals surface area contributed by atoms with Gasteiger partial charge in [0.05, 0.1) is 4.75 Å². The van der Waals surface area contributed by atoms with E-state index in [4.69, 9.17) is 0 Å². The summed E-state index contributed by atoms with van der Waals surface area (Å²) in [6.45, 7) is 2.09. The number of Topliss-reactive ketones (excluding diaryl/α,β-unsaturated/α-hetero) is 1. The Bertz CT molecular complexity index is 366. The highest BCUT2D eigenvalue weighted by Gasteiger charge is 2.36. The molecule has 0 radical (unpaired) electrons. The highest BCUT2D eigenvalue weighted by atomic mass is 79.9. The van der Waals surface area contributed by atoms with Crippen LogP contribution >= 0.6 is 39.0 Å². The molecule has 0 bridgehead atoms. The van der Waals surface area contributed by atoms with Gasteiger partial charge in [0, 0.05) is 15.8 Å². The summed E-state index contributed by atoms with van der Waals surface area (Å²) in [4.78, 5) is 13.3. The van der Waals surface area contributed by atoms with E-state index in [2.05, 4.69) is 22.9 Å². The number of ketones is 1. The highest BCUT2D eigenvalue weighted by molar-refractivity contribution is 9.10. The van der Waals surface area contributed by atoms with Gasteiger partial charge in [-0.3, -0.25) is 4.79 Å². The van der Waals surface area contributed by atoms with Gasteiger partial charge < -0.3 is 0 Å². The van der Waals surface area contributed by atoms with E-state index in [9.17, 15) is 4.79 Å². The van der Waals surface area contributed by atoms with E-state index in [1.807, 2.05) is 23.2 Å². The monoisotopic (exact) mass is 304 g/mol. The first-order chi connectivity index (χ1) is 7.12. The molecule has 2 rings (SSSR count). The number of thiophene rings is 1. The van der Waals surface area contributed by atoms with Crippen LogP contribution in [0.2, 0.25) is 0 Å². The summed E-state index contributed by atoms with van der Waals surface area (Å²) in [6.07, 6.45) is 2.81. The number of hydrogen-bond acceptors (Lipinski definition) is 3. The second-order valence-corrected chi connectivity index (χ2v) is 7.43. The molecule has 1 nitrogen and oxygen atoms in total. The molecular formula is C11H13BrOS2. The quantitative estimate of drug-likeness (QED) is 0.842. The first-order valence-corrected chi connectivity index (χ1v) is 7.67. The number of carbonyl (C=O) groups is 1. The standard InChI is InChI=1S/C11H13BrOS2/c1-11(4-2-5-15-11)10(13)7-9-8(12)3-6-14-9/h3,6H,2,4-5,7H2,1H3. The van der Waals surface area contributed by atoms with E-state index < -0.39 is 0 Å². The van der Waals surface area contributed by atoms with Crippen molar-refractivity contribution < 1.29 is 4.79 Å². The SMILES string of the molecule is CC1(C(=O)Cc2sccc2Br)CCCS1. The number of rotatable bonds is 3. The van der Waals surface area contributed by atoms with E-state index >= 15 is 0 Å². The zero-order valence-electron chi connectivity index (χ0n) is 8.59. The average molecular weight is 305 g/mol. The molecular weight excluding hydrogens is 292 g/mol. The third-order valence-electron chi connectivity index (χ3n) is 2.82. The molecule has 1 fully saturated rings. The van der Waals surface area contributed by atoms with Crippen molar-refractivity contribution in [1.29, 1.82) is 0 Å². The van der Waals surface area contributed by atoms with Crippen LogP contribution in [0.15, 0.2) is 15.9 Å². The van der Waals surface area contributed by atoms with Crippen LogP contribution in [0, 0.1) is 0 Å². The van der Waals surface area contributed by atoms with E-state index in [1.165, 1.54) is 6.42 Å². The predicted molar refractivity (Wildman–Crippen MR) is 70.8 cm³/mol. The van der Waals surface area contributed by atoms with Crippen LogP contribution in [0.3, 0.4) is 0 Å². The number of carbonyl (C=O) groups excluding carboxylic acids is 1. The summed E-state index contributed by atoms with van der Waals surface area (Å²) < 4.78 is 0.955. The van der Waals surface area contributed by atoms with Crippen molar-refractivity contribution in [3.8, 4) is 0 Å².